The van der Waals surface area contributed by atoms with Gasteiger partial charge >= 0.3 is 17.1 Å². The Kier molecular flexibility index (Phi) is 4.89. The van der Waals surface area contributed by atoms with E-state index in [2.05, 4.69) is 10.4 Å². The SMILES string of the molecule is CC(C)C[n+]1c(O)c(C(=O)NC2CC2)c(=O)n2[nH]cc(/C=C/C(=O)N3CCC3)c21. The first-order valence-corrected chi connectivity index (χ1v) is 10.0. The third kappa shape index (κ3) is 3.64. The second-order valence-electron chi connectivity index (χ2n) is 8.16. The number of nitrogens with zero attached hydrogens (tertiary/aromatic N) is 3. The number of hydrogen-bond acceptors (Lipinski definition) is 4. The number of rotatable bonds is 6. The molecule has 2 amide bonds. The summed E-state index contributed by atoms with van der Waals surface area (Å²) in [4.78, 5) is 39.4. The largest absolute Gasteiger partial charge is 0.477 e. The van der Waals surface area contributed by atoms with Gasteiger partial charge in [-0.1, -0.05) is 18.4 Å². The molecule has 3 heterocycles. The van der Waals surface area contributed by atoms with Crippen LogP contribution in [-0.2, 0) is 11.3 Å². The number of nitrogens with one attached hydrogen (secondary N) is 2. The van der Waals surface area contributed by atoms with Crippen molar-refractivity contribution in [2.45, 2.75) is 45.7 Å². The van der Waals surface area contributed by atoms with Gasteiger partial charge in [-0.2, -0.15) is 4.57 Å². The number of fused-ring (bicyclic) bond motifs is 1. The molecule has 2 aliphatic rings. The fraction of sp³-hybridized carbons (Fsp3) is 0.500. The van der Waals surface area contributed by atoms with Crippen LogP contribution < -0.4 is 15.4 Å². The molecule has 1 aliphatic heterocycles. The van der Waals surface area contributed by atoms with Crippen LogP contribution in [0.15, 0.2) is 17.1 Å². The molecule has 9 nitrogen and oxygen atoms in total. The summed E-state index contributed by atoms with van der Waals surface area (Å²) in [5.41, 5.74) is 0.103. The molecule has 1 aliphatic carbocycles. The summed E-state index contributed by atoms with van der Waals surface area (Å²) in [5, 5.41) is 16.5. The number of aromatic nitrogens is 3. The minimum absolute atomic E-state index is 0.0650. The van der Waals surface area contributed by atoms with Crippen LogP contribution in [0.25, 0.3) is 11.7 Å². The van der Waals surface area contributed by atoms with Crippen molar-refractivity contribution in [2.24, 2.45) is 5.92 Å². The molecule has 2 aromatic heterocycles. The number of aromatic amines is 1. The van der Waals surface area contributed by atoms with Crippen LogP contribution in [0.2, 0.25) is 0 Å². The number of hydrogen-bond donors (Lipinski definition) is 3. The standard InChI is InChI=1S/C20H25N5O4/c1-12(2)11-24-18-13(4-7-15(26)23-8-3-9-23)10-21-25(18)20(29)16(19(24)28)17(27)22-14-5-6-14/h4,7,10,12,14H,3,5-6,8-9,11H2,1-2H3,(H2,22,27,28,29)/p+1/b7-4+. The van der Waals surface area contributed by atoms with E-state index in [-0.39, 0.29) is 29.3 Å². The van der Waals surface area contributed by atoms with Crippen molar-refractivity contribution in [3.63, 3.8) is 0 Å². The molecule has 0 bridgehead atoms. The van der Waals surface area contributed by atoms with E-state index < -0.39 is 11.5 Å². The number of likely N-dealkylation sites (tertiary alicyclic amines) is 1. The van der Waals surface area contributed by atoms with E-state index >= 15 is 0 Å². The van der Waals surface area contributed by atoms with E-state index in [0.717, 1.165) is 32.4 Å². The van der Waals surface area contributed by atoms with Crippen molar-refractivity contribution in [3.8, 4) is 5.88 Å². The monoisotopic (exact) mass is 400 g/mol. The van der Waals surface area contributed by atoms with Gasteiger partial charge in [-0.15, -0.1) is 0 Å². The van der Waals surface area contributed by atoms with Gasteiger partial charge in [0.2, 0.25) is 11.5 Å². The highest BCUT2D eigenvalue weighted by Crippen LogP contribution is 2.21. The smallest absolute Gasteiger partial charge is 0.378 e. The van der Waals surface area contributed by atoms with Gasteiger partial charge in [0.25, 0.3) is 5.91 Å². The lowest BCUT2D eigenvalue weighted by Crippen LogP contribution is -2.46. The van der Waals surface area contributed by atoms with E-state index in [1.807, 2.05) is 13.8 Å². The lowest BCUT2D eigenvalue weighted by Gasteiger charge is -2.29. The van der Waals surface area contributed by atoms with Crippen LogP contribution in [0.3, 0.4) is 0 Å². The van der Waals surface area contributed by atoms with Gasteiger partial charge in [0.15, 0.2) is 0 Å². The molecule has 29 heavy (non-hydrogen) atoms. The van der Waals surface area contributed by atoms with Crippen LogP contribution in [0.1, 0.15) is 49.0 Å². The number of amides is 2. The molecular formula is C20H26N5O4+. The Hall–Kier alpha value is -3.10. The predicted octanol–water partition coefficient (Wildman–Crippen LogP) is 0.414. The van der Waals surface area contributed by atoms with Crippen LogP contribution >= 0.6 is 0 Å². The van der Waals surface area contributed by atoms with Crippen molar-refractivity contribution < 1.29 is 19.3 Å². The molecular weight excluding hydrogens is 374 g/mol. The minimum Gasteiger partial charge on any atom is -0.477 e. The first-order chi connectivity index (χ1) is 13.9. The van der Waals surface area contributed by atoms with Crippen LogP contribution in [0, 0.1) is 5.92 Å². The zero-order valence-corrected chi connectivity index (χ0v) is 16.6. The summed E-state index contributed by atoms with van der Waals surface area (Å²) >= 11 is 0. The third-order valence-corrected chi connectivity index (χ3v) is 5.23. The van der Waals surface area contributed by atoms with Gasteiger partial charge in [-0.25, -0.2) is 9.89 Å². The normalized spacial score (nSPS) is 16.6. The van der Waals surface area contributed by atoms with Crippen molar-refractivity contribution >= 4 is 23.5 Å². The molecule has 2 fully saturated rings. The Labute approximate surface area is 167 Å². The van der Waals surface area contributed by atoms with Crippen molar-refractivity contribution in [2.75, 3.05) is 13.1 Å². The van der Waals surface area contributed by atoms with Gasteiger partial charge < -0.3 is 15.3 Å². The Bertz CT molecular complexity index is 1060. The van der Waals surface area contributed by atoms with Crippen LogP contribution in [0.4, 0.5) is 0 Å². The maximum atomic E-state index is 12.9. The highest BCUT2D eigenvalue weighted by Gasteiger charge is 2.34. The van der Waals surface area contributed by atoms with Crippen LogP contribution in [-0.4, -0.2) is 50.6 Å². The maximum Gasteiger partial charge on any atom is 0.378 e. The first-order valence-electron chi connectivity index (χ1n) is 10.0. The third-order valence-electron chi connectivity index (χ3n) is 5.23. The van der Waals surface area contributed by atoms with Crippen molar-refractivity contribution in [1.82, 2.24) is 19.8 Å². The molecule has 4 rings (SSSR count). The molecule has 3 N–H and O–H groups in total. The Balaban J connectivity index is 1.80. The minimum atomic E-state index is -0.621. The second kappa shape index (κ2) is 7.38. The fourth-order valence-corrected chi connectivity index (χ4v) is 3.41. The summed E-state index contributed by atoms with van der Waals surface area (Å²) in [6.07, 6.45) is 7.46. The molecule has 2 aromatic rings. The average Bonchev–Trinajstić information content (AvgIpc) is 3.31. The van der Waals surface area contributed by atoms with E-state index in [1.54, 1.807) is 21.7 Å². The topological polar surface area (TPSA) is 111 Å². The second-order valence-corrected chi connectivity index (χ2v) is 8.16. The molecule has 0 spiro atoms. The fourth-order valence-electron chi connectivity index (χ4n) is 3.41. The van der Waals surface area contributed by atoms with Gasteiger partial charge in [0.05, 0.1) is 18.3 Å². The van der Waals surface area contributed by atoms with Crippen molar-refractivity contribution in [3.05, 3.63) is 33.8 Å². The molecule has 0 unspecified atom stereocenters. The summed E-state index contributed by atoms with van der Waals surface area (Å²) in [5.74, 6) is -0.856. The Morgan fingerprint density at radius 2 is 2.10 bits per heavy atom. The average molecular weight is 400 g/mol. The van der Waals surface area contributed by atoms with Gasteiger partial charge in [-0.05, 0) is 31.3 Å². The molecule has 9 heteroatoms. The van der Waals surface area contributed by atoms with Crippen molar-refractivity contribution in [1.29, 1.82) is 0 Å². The molecule has 1 saturated heterocycles. The molecule has 0 aromatic carbocycles. The van der Waals surface area contributed by atoms with E-state index in [0.29, 0.717) is 17.8 Å². The van der Waals surface area contributed by atoms with E-state index in [4.69, 9.17) is 0 Å². The zero-order valence-electron chi connectivity index (χ0n) is 16.6. The van der Waals surface area contributed by atoms with Crippen LogP contribution in [0.5, 0.6) is 5.88 Å². The number of carbonyl (C=O) groups is 2. The number of carbonyl (C=O) groups excluding carboxylic acids is 2. The lowest BCUT2D eigenvalue weighted by atomic mass is 10.2. The van der Waals surface area contributed by atoms with Gasteiger partial charge in [-0.3, -0.25) is 9.59 Å². The molecule has 0 radical (unpaired) electrons. The van der Waals surface area contributed by atoms with E-state index in [9.17, 15) is 19.5 Å². The maximum absolute atomic E-state index is 12.9. The Morgan fingerprint density at radius 3 is 2.69 bits per heavy atom. The Morgan fingerprint density at radius 1 is 1.38 bits per heavy atom. The zero-order chi connectivity index (χ0) is 20.7. The molecule has 0 atom stereocenters. The summed E-state index contributed by atoms with van der Waals surface area (Å²) in [6.45, 7) is 5.87. The quantitative estimate of drug-likeness (QED) is 0.482. The van der Waals surface area contributed by atoms with E-state index in [1.165, 1.54) is 10.6 Å². The van der Waals surface area contributed by atoms with Gasteiger partial charge in [0, 0.05) is 25.2 Å². The summed E-state index contributed by atoms with van der Waals surface area (Å²) < 4.78 is 2.80. The highest BCUT2D eigenvalue weighted by molar-refractivity contribution is 5.96. The number of H-pyrrole nitrogens is 1. The first kappa shape index (κ1) is 19.2. The highest BCUT2D eigenvalue weighted by atomic mass is 16.3. The van der Waals surface area contributed by atoms with Gasteiger partial charge in [0.1, 0.15) is 0 Å². The lowest BCUT2D eigenvalue weighted by molar-refractivity contribution is -0.686. The summed E-state index contributed by atoms with van der Waals surface area (Å²) in [6, 6.07) is 0.0650. The summed E-state index contributed by atoms with van der Waals surface area (Å²) in [7, 11) is 0. The molecule has 1 saturated carbocycles. The predicted molar refractivity (Wildman–Crippen MR) is 105 cm³/mol. The molecule has 154 valence electrons. The number of aromatic hydroxyl groups is 1.